The van der Waals surface area contributed by atoms with Gasteiger partial charge in [0.05, 0.1) is 18.1 Å². The lowest BCUT2D eigenvalue weighted by Crippen LogP contribution is -2.30. The molecule has 0 aliphatic rings. The van der Waals surface area contributed by atoms with E-state index in [0.717, 1.165) is 17.9 Å². The third-order valence-corrected chi connectivity index (χ3v) is 4.11. The van der Waals surface area contributed by atoms with Crippen LogP contribution in [0.1, 0.15) is 27.7 Å². The number of carbonyl (C=O) groups excluding carboxylic acids is 2. The molecular weight excluding hydrogens is 312 g/mol. The van der Waals surface area contributed by atoms with E-state index in [2.05, 4.69) is 31.0 Å². The van der Waals surface area contributed by atoms with Crippen LogP contribution in [0.15, 0.2) is 24.3 Å². The average Bonchev–Trinajstić information content (AvgIpc) is 2.49. The van der Waals surface area contributed by atoms with Crippen molar-refractivity contribution >= 4 is 35.0 Å². The number of thioether (sulfide) groups is 1. The first-order valence-corrected chi connectivity index (χ1v) is 9.03. The number of esters is 1. The van der Waals surface area contributed by atoms with Gasteiger partial charge < -0.3 is 15.0 Å². The van der Waals surface area contributed by atoms with Gasteiger partial charge in [0.1, 0.15) is 0 Å². The van der Waals surface area contributed by atoms with Crippen molar-refractivity contribution in [3.63, 3.8) is 0 Å². The maximum atomic E-state index is 11.8. The molecule has 0 fully saturated rings. The van der Waals surface area contributed by atoms with Crippen molar-refractivity contribution in [3.05, 3.63) is 24.3 Å². The molecule has 0 unspecified atom stereocenters. The smallest absolute Gasteiger partial charge is 0.315 e. The molecule has 0 heterocycles. The van der Waals surface area contributed by atoms with Crippen molar-refractivity contribution in [2.24, 2.45) is 0 Å². The highest BCUT2D eigenvalue weighted by Gasteiger charge is 2.09. The van der Waals surface area contributed by atoms with Gasteiger partial charge in [0.25, 0.3) is 0 Å². The molecule has 23 heavy (non-hydrogen) atoms. The second kappa shape index (κ2) is 10.2. The molecule has 1 aromatic carbocycles. The summed E-state index contributed by atoms with van der Waals surface area (Å²) in [5.41, 5.74) is 1.90. The van der Waals surface area contributed by atoms with Crippen molar-refractivity contribution in [3.8, 4) is 0 Å². The van der Waals surface area contributed by atoms with E-state index in [4.69, 9.17) is 4.74 Å². The molecule has 1 N–H and O–H groups in total. The molecule has 1 amide bonds. The first kappa shape index (κ1) is 19.4. The molecule has 1 rings (SSSR count). The zero-order valence-corrected chi connectivity index (χ0v) is 15.1. The number of amides is 1. The SMILES string of the molecule is CCOC(=O)CSCC(=O)Nc1ccc(N(CC)C(C)C)cc1. The molecule has 6 heteroatoms. The van der Waals surface area contributed by atoms with E-state index in [9.17, 15) is 9.59 Å². The Kier molecular flexibility index (Phi) is 8.55. The number of hydrogen-bond acceptors (Lipinski definition) is 5. The van der Waals surface area contributed by atoms with Crippen LogP contribution >= 0.6 is 11.8 Å². The van der Waals surface area contributed by atoms with Gasteiger partial charge in [-0.2, -0.15) is 0 Å². The summed E-state index contributed by atoms with van der Waals surface area (Å²) >= 11 is 1.25. The van der Waals surface area contributed by atoms with Gasteiger partial charge in [0.15, 0.2) is 0 Å². The number of hydrogen-bond donors (Lipinski definition) is 1. The third-order valence-electron chi connectivity index (χ3n) is 3.21. The Bertz CT molecular complexity index is 503. The zero-order valence-electron chi connectivity index (χ0n) is 14.3. The summed E-state index contributed by atoms with van der Waals surface area (Å²) in [5.74, 6) is 0.0134. The summed E-state index contributed by atoms with van der Waals surface area (Å²) in [5, 5.41) is 2.83. The minimum atomic E-state index is -0.289. The van der Waals surface area contributed by atoms with Crippen LogP contribution in [-0.4, -0.2) is 42.6 Å². The lowest BCUT2D eigenvalue weighted by atomic mass is 10.2. The Morgan fingerprint density at radius 2 is 1.83 bits per heavy atom. The van der Waals surface area contributed by atoms with Crippen LogP contribution in [-0.2, 0) is 14.3 Å². The van der Waals surface area contributed by atoms with Crippen LogP contribution in [0, 0.1) is 0 Å². The van der Waals surface area contributed by atoms with Crippen molar-refractivity contribution in [1.29, 1.82) is 0 Å². The lowest BCUT2D eigenvalue weighted by Gasteiger charge is -2.27. The Morgan fingerprint density at radius 1 is 1.17 bits per heavy atom. The second-order valence-corrected chi connectivity index (χ2v) is 6.26. The van der Waals surface area contributed by atoms with Gasteiger partial charge >= 0.3 is 5.97 Å². The van der Waals surface area contributed by atoms with Crippen LogP contribution in [0.5, 0.6) is 0 Å². The van der Waals surface area contributed by atoms with Gasteiger partial charge in [-0.05, 0) is 52.0 Å². The molecule has 0 aliphatic carbocycles. The van der Waals surface area contributed by atoms with Crippen molar-refractivity contribution in [2.45, 2.75) is 33.7 Å². The highest BCUT2D eigenvalue weighted by molar-refractivity contribution is 8.00. The fourth-order valence-corrected chi connectivity index (χ4v) is 2.82. The van der Waals surface area contributed by atoms with Crippen LogP contribution in [0.3, 0.4) is 0 Å². The van der Waals surface area contributed by atoms with Crippen LogP contribution in [0.4, 0.5) is 11.4 Å². The average molecular weight is 338 g/mol. The van der Waals surface area contributed by atoms with Gasteiger partial charge in [-0.1, -0.05) is 0 Å². The number of carbonyl (C=O) groups is 2. The molecule has 128 valence electrons. The second-order valence-electron chi connectivity index (χ2n) is 5.27. The molecule has 0 atom stereocenters. The molecule has 0 aliphatic heterocycles. The van der Waals surface area contributed by atoms with Crippen LogP contribution in [0.2, 0.25) is 0 Å². The fraction of sp³-hybridized carbons (Fsp3) is 0.529. The summed E-state index contributed by atoms with van der Waals surface area (Å²) in [6, 6.07) is 8.23. The van der Waals surface area contributed by atoms with Gasteiger partial charge in [-0.15, -0.1) is 11.8 Å². The van der Waals surface area contributed by atoms with Gasteiger partial charge in [-0.25, -0.2) is 0 Å². The summed E-state index contributed by atoms with van der Waals surface area (Å²) in [6.45, 7) is 9.49. The van der Waals surface area contributed by atoms with E-state index in [0.29, 0.717) is 12.6 Å². The topological polar surface area (TPSA) is 58.6 Å². The quantitative estimate of drug-likeness (QED) is 0.701. The van der Waals surface area contributed by atoms with E-state index in [-0.39, 0.29) is 23.4 Å². The summed E-state index contributed by atoms with van der Waals surface area (Å²) in [7, 11) is 0. The van der Waals surface area contributed by atoms with Gasteiger partial charge in [0.2, 0.25) is 5.91 Å². The highest BCUT2D eigenvalue weighted by Crippen LogP contribution is 2.20. The number of benzene rings is 1. The monoisotopic (exact) mass is 338 g/mol. The normalized spacial score (nSPS) is 10.5. The Balaban J connectivity index is 2.45. The predicted molar refractivity (Wildman–Crippen MR) is 97.2 cm³/mol. The molecular formula is C17H26N2O3S. The Morgan fingerprint density at radius 3 is 2.35 bits per heavy atom. The van der Waals surface area contributed by atoms with Crippen molar-refractivity contribution < 1.29 is 14.3 Å². The van der Waals surface area contributed by atoms with Crippen molar-refractivity contribution in [1.82, 2.24) is 0 Å². The van der Waals surface area contributed by atoms with E-state index in [1.807, 2.05) is 24.3 Å². The van der Waals surface area contributed by atoms with E-state index >= 15 is 0 Å². The number of rotatable bonds is 9. The molecule has 0 saturated heterocycles. The number of anilines is 2. The number of nitrogens with one attached hydrogen (secondary N) is 1. The molecule has 0 saturated carbocycles. The minimum absolute atomic E-state index is 0.122. The number of ether oxygens (including phenoxy) is 1. The fourth-order valence-electron chi connectivity index (χ4n) is 2.21. The van der Waals surface area contributed by atoms with Crippen LogP contribution < -0.4 is 10.2 Å². The molecule has 1 aromatic rings. The van der Waals surface area contributed by atoms with Gasteiger partial charge in [-0.3, -0.25) is 9.59 Å². The van der Waals surface area contributed by atoms with Crippen LogP contribution in [0.25, 0.3) is 0 Å². The summed E-state index contributed by atoms with van der Waals surface area (Å²) < 4.78 is 4.81. The summed E-state index contributed by atoms with van der Waals surface area (Å²) in [4.78, 5) is 25.3. The zero-order chi connectivity index (χ0) is 17.2. The maximum absolute atomic E-state index is 11.8. The largest absolute Gasteiger partial charge is 0.465 e. The molecule has 0 radical (unpaired) electrons. The number of nitrogens with zero attached hydrogens (tertiary/aromatic N) is 1. The third kappa shape index (κ3) is 6.95. The molecule has 5 nitrogen and oxygen atoms in total. The summed E-state index contributed by atoms with van der Waals surface area (Å²) in [6.07, 6.45) is 0. The Labute approximate surface area is 142 Å². The van der Waals surface area contributed by atoms with Crippen molar-refractivity contribution in [2.75, 3.05) is 34.9 Å². The molecule has 0 aromatic heterocycles. The molecule has 0 bridgehead atoms. The highest BCUT2D eigenvalue weighted by atomic mass is 32.2. The maximum Gasteiger partial charge on any atom is 0.315 e. The lowest BCUT2D eigenvalue weighted by molar-refractivity contribution is -0.139. The molecule has 0 spiro atoms. The Hall–Kier alpha value is -1.69. The minimum Gasteiger partial charge on any atom is -0.465 e. The van der Waals surface area contributed by atoms with E-state index < -0.39 is 0 Å². The standard InChI is InChI=1S/C17H26N2O3S/c1-5-19(13(3)4)15-9-7-14(8-10-15)18-16(20)11-23-12-17(21)22-6-2/h7-10,13H,5-6,11-12H2,1-4H3,(H,18,20). The van der Waals surface area contributed by atoms with E-state index in [1.165, 1.54) is 11.8 Å². The van der Waals surface area contributed by atoms with E-state index in [1.54, 1.807) is 6.92 Å². The first-order chi connectivity index (χ1) is 11.0. The first-order valence-electron chi connectivity index (χ1n) is 7.87. The van der Waals surface area contributed by atoms with Gasteiger partial charge in [0, 0.05) is 24.0 Å². The predicted octanol–water partition coefficient (Wildman–Crippen LogP) is 3.16.